The van der Waals surface area contributed by atoms with E-state index in [0.717, 1.165) is 61.2 Å². The lowest BCUT2D eigenvalue weighted by Crippen LogP contribution is -2.35. The maximum atomic E-state index is 13.2. The van der Waals surface area contributed by atoms with Crippen molar-refractivity contribution in [3.05, 3.63) is 81.6 Å². The zero-order chi connectivity index (χ0) is 20.1. The van der Waals surface area contributed by atoms with E-state index in [1.54, 1.807) is 6.26 Å². The Kier molecular flexibility index (Phi) is 4.06. The number of benzene rings is 1. The van der Waals surface area contributed by atoms with E-state index in [4.69, 9.17) is 9.40 Å². The van der Waals surface area contributed by atoms with Crippen LogP contribution in [0.25, 0.3) is 22.5 Å². The summed E-state index contributed by atoms with van der Waals surface area (Å²) in [6.45, 7) is 3.09. The minimum absolute atomic E-state index is 0.157. The highest BCUT2D eigenvalue weighted by atomic mass is 16.3. The molecule has 6 heteroatoms. The normalized spacial score (nSPS) is 16.0. The van der Waals surface area contributed by atoms with Crippen LogP contribution in [0.3, 0.4) is 0 Å². The molecule has 0 atom stereocenters. The molecule has 0 unspecified atom stereocenters. The lowest BCUT2D eigenvalue weighted by Gasteiger charge is -2.28. The van der Waals surface area contributed by atoms with Gasteiger partial charge in [-0.25, -0.2) is 9.97 Å². The number of hydrogen-bond acceptors (Lipinski definition) is 5. The molecule has 0 aliphatic carbocycles. The number of aromatic nitrogens is 3. The van der Waals surface area contributed by atoms with Crippen LogP contribution in [0.15, 0.2) is 58.1 Å². The van der Waals surface area contributed by atoms with Crippen molar-refractivity contribution in [1.29, 1.82) is 0 Å². The average molecular weight is 398 g/mol. The highest BCUT2D eigenvalue weighted by Crippen LogP contribution is 2.26. The lowest BCUT2D eigenvalue weighted by atomic mass is 9.99. The van der Waals surface area contributed by atoms with Gasteiger partial charge in [0.25, 0.3) is 5.56 Å². The van der Waals surface area contributed by atoms with Crippen LogP contribution in [0.2, 0.25) is 0 Å². The molecule has 0 radical (unpaired) electrons. The summed E-state index contributed by atoms with van der Waals surface area (Å²) in [7, 11) is 0. The summed E-state index contributed by atoms with van der Waals surface area (Å²) in [6.07, 6.45) is 6.46. The summed E-state index contributed by atoms with van der Waals surface area (Å²) < 4.78 is 7.41. The van der Waals surface area contributed by atoms with Crippen molar-refractivity contribution in [3.63, 3.8) is 0 Å². The van der Waals surface area contributed by atoms with Gasteiger partial charge in [0.15, 0.2) is 11.6 Å². The van der Waals surface area contributed by atoms with E-state index in [2.05, 4.69) is 34.1 Å². The van der Waals surface area contributed by atoms with Gasteiger partial charge in [0, 0.05) is 49.9 Å². The van der Waals surface area contributed by atoms with Crippen molar-refractivity contribution in [1.82, 2.24) is 19.4 Å². The number of aryl methyl sites for hydroxylation is 2. The van der Waals surface area contributed by atoms with E-state index in [-0.39, 0.29) is 5.56 Å². The number of fused-ring (bicyclic) bond motifs is 1. The molecule has 0 spiro atoms. The molecule has 2 aliphatic heterocycles. The van der Waals surface area contributed by atoms with Crippen molar-refractivity contribution < 1.29 is 4.42 Å². The van der Waals surface area contributed by atoms with Crippen molar-refractivity contribution >= 4 is 10.9 Å². The van der Waals surface area contributed by atoms with Crippen molar-refractivity contribution in [2.45, 2.75) is 38.9 Å². The van der Waals surface area contributed by atoms with E-state index < -0.39 is 0 Å². The lowest BCUT2D eigenvalue weighted by molar-refractivity contribution is 0.241. The molecule has 6 rings (SSSR count). The zero-order valence-electron chi connectivity index (χ0n) is 16.7. The van der Waals surface area contributed by atoms with Gasteiger partial charge in [-0.05, 0) is 42.0 Å². The summed E-state index contributed by atoms with van der Waals surface area (Å²) >= 11 is 0. The molecule has 0 saturated heterocycles. The smallest absolute Gasteiger partial charge is 0.255 e. The van der Waals surface area contributed by atoms with Gasteiger partial charge in [0.1, 0.15) is 0 Å². The Balaban J connectivity index is 1.29. The molecule has 0 N–H and O–H groups in total. The van der Waals surface area contributed by atoms with E-state index >= 15 is 0 Å². The van der Waals surface area contributed by atoms with Crippen LogP contribution < -0.4 is 5.56 Å². The topological polar surface area (TPSA) is 64.2 Å². The Labute approximate surface area is 173 Å². The van der Waals surface area contributed by atoms with Gasteiger partial charge >= 0.3 is 0 Å². The molecular formula is C24H22N4O2. The molecule has 6 nitrogen and oxygen atoms in total. The number of hydrogen-bond donors (Lipinski definition) is 0. The predicted octanol–water partition coefficient (Wildman–Crippen LogP) is 3.56. The molecule has 0 fully saturated rings. The number of furan rings is 1. The van der Waals surface area contributed by atoms with E-state index in [1.165, 1.54) is 10.9 Å². The Bertz CT molecular complexity index is 1310. The van der Waals surface area contributed by atoms with Crippen molar-refractivity contribution in [3.8, 4) is 11.6 Å². The summed E-state index contributed by atoms with van der Waals surface area (Å²) in [5.74, 6) is 1.33. The highest BCUT2D eigenvalue weighted by Gasteiger charge is 2.22. The molecular weight excluding hydrogens is 376 g/mol. The SMILES string of the molecule is O=c1c(CN2CCc3nc(-c4ccco4)ncc3C2)cc2cccc3c2n1CCC3. The second kappa shape index (κ2) is 6.92. The highest BCUT2D eigenvalue weighted by molar-refractivity contribution is 5.83. The Morgan fingerprint density at radius 3 is 2.93 bits per heavy atom. The van der Waals surface area contributed by atoms with E-state index in [1.807, 2.05) is 22.9 Å². The third kappa shape index (κ3) is 2.87. The molecule has 1 aromatic carbocycles. The quantitative estimate of drug-likeness (QED) is 0.528. The zero-order valence-corrected chi connectivity index (χ0v) is 16.7. The van der Waals surface area contributed by atoms with Gasteiger partial charge in [-0.2, -0.15) is 0 Å². The van der Waals surface area contributed by atoms with Crippen LogP contribution >= 0.6 is 0 Å². The molecule has 0 saturated carbocycles. The van der Waals surface area contributed by atoms with Gasteiger partial charge in [0.05, 0.1) is 17.5 Å². The second-order valence-corrected chi connectivity index (χ2v) is 8.19. The van der Waals surface area contributed by atoms with Crippen LogP contribution in [-0.2, 0) is 32.5 Å². The first-order valence-corrected chi connectivity index (χ1v) is 10.5. The van der Waals surface area contributed by atoms with Crippen LogP contribution in [-0.4, -0.2) is 26.0 Å². The van der Waals surface area contributed by atoms with Gasteiger partial charge in [-0.15, -0.1) is 0 Å². The first kappa shape index (κ1) is 17.6. The molecule has 0 amide bonds. The first-order chi connectivity index (χ1) is 14.8. The fraction of sp³-hybridized carbons (Fsp3) is 0.292. The maximum absolute atomic E-state index is 13.2. The predicted molar refractivity (Wildman–Crippen MR) is 114 cm³/mol. The number of nitrogens with zero attached hydrogens (tertiary/aromatic N) is 4. The number of pyridine rings is 1. The van der Waals surface area contributed by atoms with Crippen LogP contribution in [0, 0.1) is 0 Å². The fourth-order valence-electron chi connectivity index (χ4n) is 4.81. The number of para-hydroxylation sites is 1. The Morgan fingerprint density at radius 2 is 2.03 bits per heavy atom. The first-order valence-electron chi connectivity index (χ1n) is 10.5. The van der Waals surface area contributed by atoms with Crippen LogP contribution in [0.1, 0.15) is 28.8 Å². The fourth-order valence-corrected chi connectivity index (χ4v) is 4.81. The summed E-state index contributed by atoms with van der Waals surface area (Å²) in [4.78, 5) is 24.7. The van der Waals surface area contributed by atoms with Crippen molar-refractivity contribution in [2.24, 2.45) is 0 Å². The third-order valence-electron chi connectivity index (χ3n) is 6.25. The van der Waals surface area contributed by atoms with Crippen LogP contribution in [0.5, 0.6) is 0 Å². The largest absolute Gasteiger partial charge is 0.461 e. The molecule has 3 aromatic heterocycles. The Morgan fingerprint density at radius 1 is 1.07 bits per heavy atom. The van der Waals surface area contributed by atoms with Gasteiger partial charge < -0.3 is 8.98 Å². The minimum atomic E-state index is 0.157. The number of rotatable bonds is 3. The van der Waals surface area contributed by atoms with Crippen molar-refractivity contribution in [2.75, 3.05) is 6.54 Å². The maximum Gasteiger partial charge on any atom is 0.255 e. The molecule has 4 aromatic rings. The van der Waals surface area contributed by atoms with Gasteiger partial charge in [-0.3, -0.25) is 9.69 Å². The van der Waals surface area contributed by atoms with E-state index in [0.29, 0.717) is 18.1 Å². The minimum Gasteiger partial charge on any atom is -0.461 e. The molecule has 150 valence electrons. The summed E-state index contributed by atoms with van der Waals surface area (Å²) in [6, 6.07) is 12.2. The molecule has 5 heterocycles. The molecule has 0 bridgehead atoms. The standard InChI is InChI=1S/C24H22N4O2/c29-24-18(12-17-5-1-4-16-6-2-9-28(24)22(16)17)14-27-10-8-20-19(15-27)13-25-23(26-20)21-7-3-11-30-21/h1,3-5,7,11-13H,2,6,8-10,14-15H2. The van der Waals surface area contributed by atoms with Gasteiger partial charge in [0.2, 0.25) is 0 Å². The molecule has 30 heavy (non-hydrogen) atoms. The second-order valence-electron chi connectivity index (χ2n) is 8.19. The summed E-state index contributed by atoms with van der Waals surface area (Å²) in [5.41, 5.74) is 5.64. The molecule has 2 aliphatic rings. The Hall–Kier alpha value is -3.25. The third-order valence-corrected chi connectivity index (χ3v) is 6.25. The van der Waals surface area contributed by atoms with Gasteiger partial charge in [-0.1, -0.05) is 18.2 Å². The average Bonchev–Trinajstić information content (AvgIpc) is 3.32. The van der Waals surface area contributed by atoms with E-state index in [9.17, 15) is 4.79 Å². The van der Waals surface area contributed by atoms with Crippen LogP contribution in [0.4, 0.5) is 0 Å². The summed E-state index contributed by atoms with van der Waals surface area (Å²) in [5, 5.41) is 1.17. The monoisotopic (exact) mass is 398 g/mol.